The van der Waals surface area contributed by atoms with Gasteiger partial charge in [-0.25, -0.2) is 22.0 Å². The van der Waals surface area contributed by atoms with Crippen molar-refractivity contribution in [2.45, 2.75) is 13.1 Å². The van der Waals surface area contributed by atoms with Crippen molar-refractivity contribution in [1.82, 2.24) is 0 Å². The summed E-state index contributed by atoms with van der Waals surface area (Å²) in [6, 6.07) is 13.3. The van der Waals surface area contributed by atoms with E-state index in [1.165, 1.54) is 12.1 Å². The third kappa shape index (κ3) is 4.40. The van der Waals surface area contributed by atoms with Gasteiger partial charge < -0.3 is 0 Å². The molecule has 0 bridgehead atoms. The van der Waals surface area contributed by atoms with Crippen LogP contribution in [0.2, 0.25) is 0 Å². The Morgan fingerprint density at radius 2 is 0.971 bits per heavy atom. The minimum Gasteiger partial charge on any atom is -0.206 e. The lowest BCUT2D eigenvalue weighted by Gasteiger charge is -2.13. The standard InChI is InChI=1S/C26H14F8/c1-13-2-4-14(5-3-13)15-6-7-18(19(27)8-15)16-9-20(28)24(21(29)10-16)17-11-22(30)25(23(31)12-17)26(32,33)34/h2-12H,1H3. The van der Waals surface area contributed by atoms with E-state index < -0.39 is 52.0 Å². The molecule has 0 aliphatic heterocycles. The van der Waals surface area contributed by atoms with Gasteiger partial charge in [0.1, 0.15) is 34.6 Å². The smallest absolute Gasteiger partial charge is 0.206 e. The Kier molecular flexibility index (Phi) is 5.93. The summed E-state index contributed by atoms with van der Waals surface area (Å²) in [5, 5.41) is 0. The Morgan fingerprint density at radius 3 is 1.47 bits per heavy atom. The molecule has 0 aromatic heterocycles. The average Bonchev–Trinajstić information content (AvgIpc) is 2.72. The molecule has 0 nitrogen and oxygen atoms in total. The highest BCUT2D eigenvalue weighted by Gasteiger charge is 2.38. The summed E-state index contributed by atoms with van der Waals surface area (Å²) >= 11 is 0. The maximum Gasteiger partial charge on any atom is 0.422 e. The van der Waals surface area contributed by atoms with Crippen molar-refractivity contribution in [2.75, 3.05) is 0 Å². The first-order valence-electron chi connectivity index (χ1n) is 9.88. The second-order valence-corrected chi connectivity index (χ2v) is 7.69. The lowest BCUT2D eigenvalue weighted by Crippen LogP contribution is -2.11. The van der Waals surface area contributed by atoms with E-state index in [0.29, 0.717) is 5.56 Å². The predicted octanol–water partition coefficient (Wildman–Crippen LogP) is 8.71. The van der Waals surface area contributed by atoms with E-state index >= 15 is 0 Å². The monoisotopic (exact) mass is 478 g/mol. The molecule has 0 N–H and O–H groups in total. The molecule has 4 rings (SSSR count). The van der Waals surface area contributed by atoms with Gasteiger partial charge in [0.15, 0.2) is 0 Å². The minimum atomic E-state index is -5.32. The fourth-order valence-electron chi connectivity index (χ4n) is 3.67. The molecule has 174 valence electrons. The molecule has 0 amide bonds. The largest absolute Gasteiger partial charge is 0.422 e. The van der Waals surface area contributed by atoms with Gasteiger partial charge in [-0.3, -0.25) is 0 Å². The Hall–Kier alpha value is -3.68. The van der Waals surface area contributed by atoms with Gasteiger partial charge in [-0.15, -0.1) is 0 Å². The molecule has 0 aliphatic rings. The highest BCUT2D eigenvalue weighted by Crippen LogP contribution is 2.38. The number of hydrogen-bond donors (Lipinski definition) is 0. The zero-order chi connectivity index (χ0) is 24.8. The SMILES string of the molecule is Cc1ccc(-c2ccc(-c3cc(F)c(-c4cc(F)c(C(F)(F)F)c(F)c4)c(F)c3)c(F)c2)cc1. The fourth-order valence-corrected chi connectivity index (χ4v) is 3.67. The van der Waals surface area contributed by atoms with E-state index in [9.17, 15) is 35.1 Å². The molecule has 8 heteroatoms. The molecule has 0 fully saturated rings. The molecule has 0 unspecified atom stereocenters. The van der Waals surface area contributed by atoms with Crippen molar-refractivity contribution in [3.63, 3.8) is 0 Å². The van der Waals surface area contributed by atoms with Crippen LogP contribution in [0.4, 0.5) is 35.1 Å². The van der Waals surface area contributed by atoms with E-state index in [1.807, 2.05) is 19.1 Å². The molecule has 0 heterocycles. The first-order chi connectivity index (χ1) is 16.0. The Morgan fingerprint density at radius 1 is 0.500 bits per heavy atom. The zero-order valence-electron chi connectivity index (χ0n) is 17.4. The van der Waals surface area contributed by atoms with Crippen molar-refractivity contribution < 1.29 is 35.1 Å². The van der Waals surface area contributed by atoms with E-state index in [-0.39, 0.29) is 23.3 Å². The summed E-state index contributed by atoms with van der Waals surface area (Å²) in [6.45, 7) is 1.90. The van der Waals surface area contributed by atoms with E-state index in [4.69, 9.17) is 0 Å². The number of halogens is 8. The van der Waals surface area contributed by atoms with Crippen LogP contribution in [0.3, 0.4) is 0 Å². The summed E-state index contributed by atoms with van der Waals surface area (Å²) in [4.78, 5) is 0. The topological polar surface area (TPSA) is 0 Å². The molecule has 4 aromatic carbocycles. The fraction of sp³-hybridized carbons (Fsp3) is 0.0769. The van der Waals surface area contributed by atoms with E-state index in [0.717, 1.165) is 23.3 Å². The molecular formula is C26H14F8. The molecule has 0 radical (unpaired) electrons. The van der Waals surface area contributed by atoms with Gasteiger partial charge in [0.05, 0.1) is 5.56 Å². The molecule has 0 spiro atoms. The average molecular weight is 478 g/mol. The van der Waals surface area contributed by atoms with Crippen molar-refractivity contribution in [1.29, 1.82) is 0 Å². The van der Waals surface area contributed by atoms with Gasteiger partial charge in [-0.2, -0.15) is 13.2 Å². The maximum atomic E-state index is 14.8. The zero-order valence-corrected chi connectivity index (χ0v) is 17.4. The first kappa shape index (κ1) is 23.5. The highest BCUT2D eigenvalue weighted by molar-refractivity contribution is 5.75. The van der Waals surface area contributed by atoms with Gasteiger partial charge in [-0.05, 0) is 59.5 Å². The van der Waals surface area contributed by atoms with Crippen LogP contribution < -0.4 is 0 Å². The normalized spacial score (nSPS) is 11.7. The lowest BCUT2D eigenvalue weighted by atomic mass is 9.95. The first-order valence-corrected chi connectivity index (χ1v) is 9.88. The van der Waals surface area contributed by atoms with Crippen molar-refractivity contribution in [2.24, 2.45) is 0 Å². The van der Waals surface area contributed by atoms with Gasteiger partial charge in [0, 0.05) is 5.56 Å². The molecule has 0 aliphatic carbocycles. The van der Waals surface area contributed by atoms with Crippen molar-refractivity contribution in [3.05, 3.63) is 107 Å². The third-order valence-electron chi connectivity index (χ3n) is 5.32. The second kappa shape index (κ2) is 8.59. The lowest BCUT2D eigenvalue weighted by molar-refractivity contribution is -0.142. The molecular weight excluding hydrogens is 464 g/mol. The molecule has 0 atom stereocenters. The number of alkyl halides is 3. The third-order valence-corrected chi connectivity index (χ3v) is 5.32. The van der Waals surface area contributed by atoms with E-state index in [1.54, 1.807) is 18.2 Å². The van der Waals surface area contributed by atoms with E-state index in [2.05, 4.69) is 0 Å². The summed E-state index contributed by atoms with van der Waals surface area (Å²) in [5.41, 5.74) is -1.91. The van der Waals surface area contributed by atoms with Crippen LogP contribution in [-0.2, 0) is 6.18 Å². The molecule has 34 heavy (non-hydrogen) atoms. The Bertz CT molecular complexity index is 1340. The van der Waals surface area contributed by atoms with Gasteiger partial charge in [0.2, 0.25) is 0 Å². The summed E-state index contributed by atoms with van der Waals surface area (Å²) in [5.74, 6) is -7.44. The summed E-state index contributed by atoms with van der Waals surface area (Å²) < 4.78 is 110. The van der Waals surface area contributed by atoms with Crippen LogP contribution in [0.1, 0.15) is 11.1 Å². The van der Waals surface area contributed by atoms with Crippen molar-refractivity contribution in [3.8, 4) is 33.4 Å². The molecule has 4 aromatic rings. The highest BCUT2D eigenvalue weighted by atomic mass is 19.4. The van der Waals surface area contributed by atoms with Crippen LogP contribution in [0, 0.1) is 36.0 Å². The van der Waals surface area contributed by atoms with Gasteiger partial charge >= 0.3 is 6.18 Å². The van der Waals surface area contributed by atoms with Crippen LogP contribution in [-0.4, -0.2) is 0 Å². The minimum absolute atomic E-state index is 0.134. The van der Waals surface area contributed by atoms with Gasteiger partial charge in [0.25, 0.3) is 0 Å². The Labute approximate surface area is 189 Å². The molecule has 0 saturated heterocycles. The second-order valence-electron chi connectivity index (χ2n) is 7.69. The van der Waals surface area contributed by atoms with Crippen LogP contribution >= 0.6 is 0 Å². The number of benzene rings is 4. The number of rotatable bonds is 3. The predicted molar refractivity (Wildman–Crippen MR) is 112 cm³/mol. The van der Waals surface area contributed by atoms with Crippen LogP contribution in [0.5, 0.6) is 0 Å². The summed E-state index contributed by atoms with van der Waals surface area (Å²) in [6.07, 6.45) is -5.32. The number of hydrogen-bond acceptors (Lipinski definition) is 0. The Balaban J connectivity index is 1.75. The maximum absolute atomic E-state index is 14.8. The summed E-state index contributed by atoms with van der Waals surface area (Å²) in [7, 11) is 0. The van der Waals surface area contributed by atoms with Crippen LogP contribution in [0.15, 0.2) is 66.7 Å². The van der Waals surface area contributed by atoms with Gasteiger partial charge in [-0.1, -0.05) is 42.0 Å². The molecule has 0 saturated carbocycles. The number of aryl methyl sites for hydroxylation is 1. The quantitative estimate of drug-likeness (QED) is 0.258. The van der Waals surface area contributed by atoms with Crippen molar-refractivity contribution >= 4 is 0 Å². The van der Waals surface area contributed by atoms with Crippen LogP contribution in [0.25, 0.3) is 33.4 Å².